The Morgan fingerprint density at radius 2 is 2.21 bits per heavy atom. The number of carbonyl (C=O) groups excluding carboxylic acids is 1. The minimum absolute atomic E-state index is 0.198. The number of benzene rings is 1. The molecule has 0 radical (unpaired) electrons. The Hall–Kier alpha value is -1.55. The van der Waals surface area contributed by atoms with E-state index in [1.165, 1.54) is 17.5 Å². The second-order valence-corrected chi connectivity index (χ2v) is 5.95. The molecule has 0 atom stereocenters. The molecule has 0 spiro atoms. The highest BCUT2D eigenvalue weighted by Crippen LogP contribution is 2.24. The van der Waals surface area contributed by atoms with Gasteiger partial charge in [-0.1, -0.05) is 12.1 Å². The van der Waals surface area contributed by atoms with Crippen molar-refractivity contribution in [2.75, 3.05) is 5.75 Å². The van der Waals surface area contributed by atoms with Crippen LogP contribution in [0.4, 0.5) is 0 Å². The summed E-state index contributed by atoms with van der Waals surface area (Å²) in [4.78, 5) is 13.2. The summed E-state index contributed by atoms with van der Waals surface area (Å²) in [6.45, 7) is 0. The predicted molar refractivity (Wildman–Crippen MR) is 76.7 cm³/mol. The van der Waals surface area contributed by atoms with Crippen molar-refractivity contribution in [1.29, 1.82) is 0 Å². The van der Waals surface area contributed by atoms with E-state index in [4.69, 9.17) is 0 Å². The fourth-order valence-electron chi connectivity index (χ4n) is 2.45. The van der Waals surface area contributed by atoms with Gasteiger partial charge in [0.1, 0.15) is 0 Å². The lowest BCUT2D eigenvalue weighted by Gasteiger charge is -2.03. The number of nitrogens with zero attached hydrogens (tertiary/aromatic N) is 2. The second kappa shape index (κ2) is 5.21. The molecule has 0 saturated carbocycles. The number of fused-ring (bicyclic) bond motifs is 1. The Labute approximate surface area is 117 Å². The zero-order chi connectivity index (χ0) is 13.2. The Kier molecular flexibility index (Phi) is 3.42. The number of thioether (sulfide) groups is 1. The molecule has 2 aromatic rings. The Balaban J connectivity index is 1.67. The maximum atomic E-state index is 12.2. The van der Waals surface area contributed by atoms with Crippen LogP contribution in [-0.2, 0) is 19.9 Å². The molecule has 3 nitrogen and oxygen atoms in total. The van der Waals surface area contributed by atoms with Crippen LogP contribution in [0.25, 0.3) is 0 Å². The minimum atomic E-state index is 0.198. The third-order valence-electron chi connectivity index (χ3n) is 3.47. The fraction of sp³-hybridized carbons (Fsp3) is 0.333. The SMILES string of the molecule is Cn1cc(SCC(=O)c2ccc3c(c2)CCC3)cn1. The lowest BCUT2D eigenvalue weighted by molar-refractivity contribution is 0.102. The van der Waals surface area contributed by atoms with Gasteiger partial charge in [0.15, 0.2) is 5.78 Å². The number of hydrogen-bond donors (Lipinski definition) is 0. The molecular weight excluding hydrogens is 256 g/mol. The van der Waals surface area contributed by atoms with E-state index in [0.29, 0.717) is 5.75 Å². The molecular formula is C15H16N2OS. The van der Waals surface area contributed by atoms with Gasteiger partial charge in [-0.15, -0.1) is 11.8 Å². The highest BCUT2D eigenvalue weighted by atomic mass is 32.2. The summed E-state index contributed by atoms with van der Waals surface area (Å²) in [6.07, 6.45) is 7.22. The predicted octanol–water partition coefficient (Wildman–Crippen LogP) is 2.88. The minimum Gasteiger partial charge on any atom is -0.293 e. The molecule has 0 saturated heterocycles. The quantitative estimate of drug-likeness (QED) is 0.634. The number of carbonyl (C=O) groups is 1. The van der Waals surface area contributed by atoms with E-state index in [9.17, 15) is 4.79 Å². The molecule has 0 fully saturated rings. The van der Waals surface area contributed by atoms with Crippen molar-refractivity contribution in [3.8, 4) is 0 Å². The Bertz CT molecular complexity index is 618. The first kappa shape index (κ1) is 12.5. The van der Waals surface area contributed by atoms with Crippen LogP contribution in [0.1, 0.15) is 27.9 Å². The molecule has 0 unspecified atom stereocenters. The normalized spacial score (nSPS) is 13.5. The Morgan fingerprint density at radius 1 is 1.37 bits per heavy atom. The molecule has 4 heteroatoms. The third kappa shape index (κ3) is 2.73. The lowest BCUT2D eigenvalue weighted by Crippen LogP contribution is -2.03. The van der Waals surface area contributed by atoms with Crippen LogP contribution in [0, 0.1) is 0 Å². The van der Waals surface area contributed by atoms with E-state index >= 15 is 0 Å². The van der Waals surface area contributed by atoms with Crippen LogP contribution in [0.15, 0.2) is 35.5 Å². The molecule has 0 amide bonds. The van der Waals surface area contributed by atoms with Crippen molar-refractivity contribution in [3.05, 3.63) is 47.3 Å². The molecule has 0 N–H and O–H groups in total. The molecule has 1 heterocycles. The van der Waals surface area contributed by atoms with E-state index in [-0.39, 0.29) is 5.78 Å². The first-order valence-corrected chi connectivity index (χ1v) is 7.47. The molecule has 98 valence electrons. The zero-order valence-electron chi connectivity index (χ0n) is 10.9. The van der Waals surface area contributed by atoms with Crippen LogP contribution >= 0.6 is 11.8 Å². The summed E-state index contributed by atoms with van der Waals surface area (Å²) in [7, 11) is 1.88. The summed E-state index contributed by atoms with van der Waals surface area (Å²) in [5, 5.41) is 4.10. The lowest BCUT2D eigenvalue weighted by atomic mass is 10.0. The molecule has 1 aliphatic carbocycles. The van der Waals surface area contributed by atoms with Crippen molar-refractivity contribution in [2.24, 2.45) is 7.05 Å². The summed E-state index contributed by atoms with van der Waals surface area (Å²) in [5.41, 5.74) is 3.62. The fourth-order valence-corrected chi connectivity index (χ4v) is 3.26. The third-order valence-corrected chi connectivity index (χ3v) is 4.42. The molecule has 19 heavy (non-hydrogen) atoms. The second-order valence-electron chi connectivity index (χ2n) is 4.90. The number of aryl methyl sites for hydroxylation is 3. The van der Waals surface area contributed by atoms with Crippen LogP contribution in [0.5, 0.6) is 0 Å². The number of Topliss-reactive ketones (excluding diaryl/α,β-unsaturated/α-hetero) is 1. The van der Waals surface area contributed by atoms with Gasteiger partial charge in [-0.2, -0.15) is 5.10 Å². The largest absolute Gasteiger partial charge is 0.293 e. The maximum Gasteiger partial charge on any atom is 0.173 e. The first-order valence-electron chi connectivity index (χ1n) is 6.49. The molecule has 1 aliphatic rings. The number of aromatic nitrogens is 2. The number of hydrogen-bond acceptors (Lipinski definition) is 3. The molecule has 0 aliphatic heterocycles. The van der Waals surface area contributed by atoms with Gasteiger partial charge in [-0.05, 0) is 36.5 Å². The van der Waals surface area contributed by atoms with Gasteiger partial charge >= 0.3 is 0 Å². The maximum absolute atomic E-state index is 12.2. The number of rotatable bonds is 4. The average molecular weight is 272 g/mol. The highest BCUT2D eigenvalue weighted by molar-refractivity contribution is 8.00. The van der Waals surface area contributed by atoms with E-state index < -0.39 is 0 Å². The molecule has 1 aromatic heterocycles. The Morgan fingerprint density at radius 3 is 3.00 bits per heavy atom. The molecule has 0 bridgehead atoms. The average Bonchev–Trinajstić information content (AvgIpc) is 3.03. The topological polar surface area (TPSA) is 34.9 Å². The summed E-state index contributed by atoms with van der Waals surface area (Å²) >= 11 is 1.54. The van der Waals surface area contributed by atoms with E-state index in [1.807, 2.05) is 19.3 Å². The van der Waals surface area contributed by atoms with E-state index in [2.05, 4.69) is 17.2 Å². The van der Waals surface area contributed by atoms with Crippen molar-refractivity contribution in [1.82, 2.24) is 9.78 Å². The van der Waals surface area contributed by atoms with Gasteiger partial charge in [-0.25, -0.2) is 0 Å². The summed E-state index contributed by atoms with van der Waals surface area (Å²) in [6, 6.07) is 6.16. The van der Waals surface area contributed by atoms with Crippen molar-refractivity contribution >= 4 is 17.5 Å². The van der Waals surface area contributed by atoms with Gasteiger partial charge in [-0.3, -0.25) is 9.48 Å². The summed E-state index contributed by atoms with van der Waals surface area (Å²) < 4.78 is 1.75. The van der Waals surface area contributed by atoms with E-state index in [0.717, 1.165) is 23.3 Å². The standard InChI is InChI=1S/C15H16N2OS/c1-17-9-14(8-16-17)19-10-15(18)13-6-5-11-3-2-4-12(11)7-13/h5-9H,2-4,10H2,1H3. The van der Waals surface area contributed by atoms with Gasteiger partial charge in [0.2, 0.25) is 0 Å². The van der Waals surface area contributed by atoms with Crippen LogP contribution < -0.4 is 0 Å². The van der Waals surface area contributed by atoms with Crippen molar-refractivity contribution < 1.29 is 4.79 Å². The molecule has 3 rings (SSSR count). The van der Waals surface area contributed by atoms with Gasteiger partial charge < -0.3 is 0 Å². The van der Waals surface area contributed by atoms with Crippen molar-refractivity contribution in [3.63, 3.8) is 0 Å². The van der Waals surface area contributed by atoms with E-state index in [1.54, 1.807) is 22.6 Å². The van der Waals surface area contributed by atoms with Gasteiger partial charge in [0.05, 0.1) is 11.9 Å². The van der Waals surface area contributed by atoms with Gasteiger partial charge in [0.25, 0.3) is 0 Å². The summed E-state index contributed by atoms with van der Waals surface area (Å²) in [5.74, 6) is 0.674. The monoisotopic (exact) mass is 272 g/mol. The number of ketones is 1. The van der Waals surface area contributed by atoms with Crippen LogP contribution in [-0.4, -0.2) is 21.3 Å². The van der Waals surface area contributed by atoms with Crippen LogP contribution in [0.2, 0.25) is 0 Å². The molecule has 1 aromatic carbocycles. The first-order chi connectivity index (χ1) is 9.22. The van der Waals surface area contributed by atoms with Gasteiger partial charge in [0, 0.05) is 23.7 Å². The smallest absolute Gasteiger partial charge is 0.173 e. The van der Waals surface area contributed by atoms with Crippen molar-refractivity contribution in [2.45, 2.75) is 24.2 Å². The zero-order valence-corrected chi connectivity index (χ0v) is 11.7. The highest BCUT2D eigenvalue weighted by Gasteiger charge is 2.14. The van der Waals surface area contributed by atoms with Crippen LogP contribution in [0.3, 0.4) is 0 Å².